The van der Waals surface area contributed by atoms with E-state index >= 15 is 0 Å². The summed E-state index contributed by atoms with van der Waals surface area (Å²) < 4.78 is 5.61. The van der Waals surface area contributed by atoms with Crippen LogP contribution in [0.1, 0.15) is 24.2 Å². The topological polar surface area (TPSA) is 81.9 Å². The fourth-order valence-corrected chi connectivity index (χ4v) is 1.65. The molecule has 0 saturated carbocycles. The zero-order valence-electron chi connectivity index (χ0n) is 12.7. The molecule has 0 fully saturated rings. The van der Waals surface area contributed by atoms with Gasteiger partial charge >= 0.3 is 0 Å². The Bertz CT molecular complexity index is 651. The lowest BCUT2D eigenvalue weighted by atomic mass is 10.2. The highest BCUT2D eigenvalue weighted by atomic mass is 16.5. The first kappa shape index (κ1) is 15.7. The third kappa shape index (κ3) is 4.41. The Morgan fingerprint density at radius 1 is 1.50 bits per heavy atom. The van der Waals surface area contributed by atoms with Gasteiger partial charge in [-0.05, 0) is 29.3 Å². The molecular formula is C15H19N5O2. The summed E-state index contributed by atoms with van der Waals surface area (Å²) >= 11 is 0. The van der Waals surface area contributed by atoms with Crippen molar-refractivity contribution in [3.63, 3.8) is 0 Å². The van der Waals surface area contributed by atoms with Gasteiger partial charge < -0.3 is 4.74 Å². The SMILES string of the molecule is C=CCn1nnc(NC(=O)c2cccc(OCC(C)C)c2)n1. The number of amides is 1. The van der Waals surface area contributed by atoms with Gasteiger partial charge in [0.25, 0.3) is 11.9 Å². The van der Waals surface area contributed by atoms with Crippen molar-refractivity contribution in [2.45, 2.75) is 20.4 Å². The van der Waals surface area contributed by atoms with E-state index in [-0.39, 0.29) is 11.9 Å². The molecule has 0 unspecified atom stereocenters. The summed E-state index contributed by atoms with van der Waals surface area (Å²) in [4.78, 5) is 13.5. The largest absolute Gasteiger partial charge is 0.493 e. The van der Waals surface area contributed by atoms with Crippen LogP contribution in [-0.4, -0.2) is 32.7 Å². The molecule has 0 atom stereocenters. The third-order valence-electron chi connectivity index (χ3n) is 2.65. The molecule has 1 amide bonds. The molecule has 1 aromatic carbocycles. The van der Waals surface area contributed by atoms with Crippen LogP contribution in [0.5, 0.6) is 5.75 Å². The van der Waals surface area contributed by atoms with Gasteiger partial charge in [-0.2, -0.15) is 4.80 Å². The Balaban J connectivity index is 2.02. The van der Waals surface area contributed by atoms with Gasteiger partial charge in [-0.25, -0.2) is 0 Å². The maximum absolute atomic E-state index is 12.2. The Morgan fingerprint density at radius 3 is 3.05 bits per heavy atom. The lowest BCUT2D eigenvalue weighted by Gasteiger charge is -2.09. The third-order valence-corrected chi connectivity index (χ3v) is 2.65. The minimum atomic E-state index is -0.312. The highest BCUT2D eigenvalue weighted by Gasteiger charge is 2.11. The Kier molecular flexibility index (Phi) is 5.24. The van der Waals surface area contributed by atoms with E-state index < -0.39 is 0 Å². The molecule has 0 spiro atoms. The van der Waals surface area contributed by atoms with E-state index in [4.69, 9.17) is 4.74 Å². The number of hydrogen-bond acceptors (Lipinski definition) is 5. The van der Waals surface area contributed by atoms with Gasteiger partial charge in [-0.1, -0.05) is 31.1 Å². The van der Waals surface area contributed by atoms with E-state index in [1.807, 2.05) is 6.07 Å². The number of rotatable bonds is 7. The second-order valence-electron chi connectivity index (χ2n) is 5.14. The van der Waals surface area contributed by atoms with E-state index in [1.165, 1.54) is 4.80 Å². The number of ether oxygens (including phenoxy) is 1. The molecule has 7 heteroatoms. The molecule has 0 bridgehead atoms. The number of nitrogens with one attached hydrogen (secondary N) is 1. The van der Waals surface area contributed by atoms with Gasteiger partial charge in [0.1, 0.15) is 5.75 Å². The molecule has 2 aromatic rings. The number of aromatic nitrogens is 4. The number of carbonyl (C=O) groups is 1. The first-order valence-corrected chi connectivity index (χ1v) is 7.01. The van der Waals surface area contributed by atoms with Gasteiger partial charge in [0, 0.05) is 5.56 Å². The van der Waals surface area contributed by atoms with Gasteiger partial charge in [-0.15, -0.1) is 11.7 Å². The number of nitrogens with zero attached hydrogens (tertiary/aromatic N) is 4. The van der Waals surface area contributed by atoms with E-state index in [0.29, 0.717) is 30.4 Å². The molecule has 0 saturated heterocycles. The van der Waals surface area contributed by atoms with Gasteiger partial charge in [0.05, 0.1) is 13.2 Å². The number of tetrazole rings is 1. The zero-order chi connectivity index (χ0) is 15.9. The van der Waals surface area contributed by atoms with Gasteiger partial charge in [0.2, 0.25) is 0 Å². The second kappa shape index (κ2) is 7.35. The summed E-state index contributed by atoms with van der Waals surface area (Å²) in [5.74, 6) is 0.916. The minimum absolute atomic E-state index is 0.153. The van der Waals surface area contributed by atoms with Crippen LogP contribution in [0.25, 0.3) is 0 Å². The predicted molar refractivity (Wildman–Crippen MR) is 82.7 cm³/mol. The quantitative estimate of drug-likeness (QED) is 0.792. The van der Waals surface area contributed by atoms with Crippen LogP contribution in [0.2, 0.25) is 0 Å². The predicted octanol–water partition coefficient (Wildman–Crippen LogP) is 2.15. The van der Waals surface area contributed by atoms with Crippen LogP contribution < -0.4 is 10.1 Å². The van der Waals surface area contributed by atoms with Crippen LogP contribution in [0.4, 0.5) is 5.95 Å². The van der Waals surface area contributed by atoms with Crippen molar-refractivity contribution < 1.29 is 9.53 Å². The normalized spacial score (nSPS) is 10.5. The van der Waals surface area contributed by atoms with Crippen molar-refractivity contribution in [2.24, 2.45) is 5.92 Å². The lowest BCUT2D eigenvalue weighted by molar-refractivity contribution is 0.102. The average Bonchev–Trinajstić information content (AvgIpc) is 2.93. The second-order valence-corrected chi connectivity index (χ2v) is 5.14. The maximum atomic E-state index is 12.2. The van der Waals surface area contributed by atoms with E-state index in [2.05, 4.69) is 41.2 Å². The summed E-state index contributed by atoms with van der Waals surface area (Å²) in [5, 5.41) is 14.1. The number of carbonyl (C=O) groups excluding carboxylic acids is 1. The number of hydrogen-bond donors (Lipinski definition) is 1. The molecule has 1 N–H and O–H groups in total. The number of anilines is 1. The van der Waals surface area contributed by atoms with Crippen LogP contribution in [0.15, 0.2) is 36.9 Å². The monoisotopic (exact) mass is 301 g/mol. The molecule has 116 valence electrons. The van der Waals surface area contributed by atoms with E-state index in [1.54, 1.807) is 24.3 Å². The zero-order valence-corrected chi connectivity index (χ0v) is 12.7. The number of benzene rings is 1. The van der Waals surface area contributed by atoms with Crippen molar-refractivity contribution in [2.75, 3.05) is 11.9 Å². The van der Waals surface area contributed by atoms with Crippen LogP contribution in [-0.2, 0) is 6.54 Å². The fraction of sp³-hybridized carbons (Fsp3) is 0.333. The van der Waals surface area contributed by atoms with Crippen molar-refractivity contribution >= 4 is 11.9 Å². The summed E-state index contributed by atoms with van der Waals surface area (Å²) in [6, 6.07) is 6.97. The first-order chi connectivity index (χ1) is 10.6. The van der Waals surface area contributed by atoms with Crippen molar-refractivity contribution in [3.05, 3.63) is 42.5 Å². The van der Waals surface area contributed by atoms with Crippen molar-refractivity contribution in [1.82, 2.24) is 20.2 Å². The smallest absolute Gasteiger partial charge is 0.270 e. The van der Waals surface area contributed by atoms with Crippen LogP contribution >= 0.6 is 0 Å². The van der Waals surface area contributed by atoms with E-state index in [0.717, 1.165) is 0 Å². The van der Waals surface area contributed by atoms with Gasteiger partial charge in [0.15, 0.2) is 0 Å². The summed E-state index contributed by atoms with van der Waals surface area (Å²) in [7, 11) is 0. The summed E-state index contributed by atoms with van der Waals surface area (Å²) in [5.41, 5.74) is 0.473. The van der Waals surface area contributed by atoms with Gasteiger partial charge in [-0.3, -0.25) is 10.1 Å². The lowest BCUT2D eigenvalue weighted by Crippen LogP contribution is -2.14. The highest BCUT2D eigenvalue weighted by Crippen LogP contribution is 2.15. The first-order valence-electron chi connectivity index (χ1n) is 7.01. The Morgan fingerprint density at radius 2 is 2.32 bits per heavy atom. The Hall–Kier alpha value is -2.70. The maximum Gasteiger partial charge on any atom is 0.270 e. The van der Waals surface area contributed by atoms with E-state index in [9.17, 15) is 4.79 Å². The molecule has 7 nitrogen and oxygen atoms in total. The number of allylic oxidation sites excluding steroid dienone is 1. The highest BCUT2D eigenvalue weighted by molar-refractivity contribution is 6.03. The van der Waals surface area contributed by atoms with Crippen LogP contribution in [0, 0.1) is 5.92 Å². The summed E-state index contributed by atoms with van der Waals surface area (Å²) in [6.45, 7) is 8.74. The molecule has 22 heavy (non-hydrogen) atoms. The molecule has 0 aliphatic rings. The molecule has 1 aromatic heterocycles. The summed E-state index contributed by atoms with van der Waals surface area (Å²) in [6.07, 6.45) is 1.64. The average molecular weight is 301 g/mol. The molecule has 0 aliphatic heterocycles. The molecule has 1 heterocycles. The fourth-order valence-electron chi connectivity index (χ4n) is 1.65. The Labute approximate surface area is 129 Å². The minimum Gasteiger partial charge on any atom is -0.493 e. The van der Waals surface area contributed by atoms with Crippen molar-refractivity contribution in [3.8, 4) is 5.75 Å². The standard InChI is InChI=1S/C15H19N5O2/c1-4-8-20-18-15(17-19-20)16-14(21)12-6-5-7-13(9-12)22-10-11(2)3/h4-7,9,11H,1,8,10H2,2-3H3,(H,16,18,21). The molecule has 0 radical (unpaired) electrons. The molecular weight excluding hydrogens is 282 g/mol. The van der Waals surface area contributed by atoms with Crippen LogP contribution in [0.3, 0.4) is 0 Å². The van der Waals surface area contributed by atoms with Crippen molar-refractivity contribution in [1.29, 1.82) is 0 Å². The molecule has 2 rings (SSSR count). The molecule has 0 aliphatic carbocycles.